The van der Waals surface area contributed by atoms with E-state index < -0.39 is 0 Å². The van der Waals surface area contributed by atoms with Crippen LogP contribution in [0.5, 0.6) is 0 Å². The summed E-state index contributed by atoms with van der Waals surface area (Å²) in [6.07, 6.45) is 3.44. The highest BCUT2D eigenvalue weighted by molar-refractivity contribution is 5.53. The Bertz CT molecular complexity index is 582. The molecule has 0 unspecified atom stereocenters. The van der Waals surface area contributed by atoms with Crippen LogP contribution in [0.4, 0.5) is 11.6 Å². The lowest BCUT2D eigenvalue weighted by molar-refractivity contribution is 0.108. The monoisotopic (exact) mass is 313 g/mol. The zero-order valence-electron chi connectivity index (χ0n) is 13.2. The summed E-state index contributed by atoms with van der Waals surface area (Å²) in [5.41, 5.74) is 2.30. The summed E-state index contributed by atoms with van der Waals surface area (Å²) in [5, 5.41) is 12.2. The number of piperazine rings is 1. The second-order valence-electron chi connectivity index (χ2n) is 5.74. The molecule has 1 aromatic heterocycles. The summed E-state index contributed by atoms with van der Waals surface area (Å²) in [6.45, 7) is 6.18. The molecule has 1 aromatic carbocycles. The predicted octanol–water partition coefficient (Wildman–Crippen LogP) is 1.33. The van der Waals surface area contributed by atoms with Crippen molar-refractivity contribution in [1.29, 1.82) is 0 Å². The molecule has 23 heavy (non-hydrogen) atoms. The van der Waals surface area contributed by atoms with Crippen LogP contribution in [0.15, 0.2) is 42.7 Å². The Morgan fingerprint density at radius 1 is 0.957 bits per heavy atom. The lowest BCUT2D eigenvalue weighted by Gasteiger charge is -2.34. The highest BCUT2D eigenvalue weighted by Gasteiger charge is 2.16. The summed E-state index contributed by atoms with van der Waals surface area (Å²) in [7, 11) is 0. The molecule has 0 amide bonds. The first-order chi connectivity index (χ1) is 11.3. The molecule has 2 N–H and O–H groups in total. The molecule has 0 atom stereocenters. The van der Waals surface area contributed by atoms with Gasteiger partial charge in [0.25, 0.3) is 0 Å². The van der Waals surface area contributed by atoms with Crippen molar-refractivity contribution in [3.8, 4) is 0 Å². The number of aliphatic hydroxyl groups is 1. The molecule has 0 radical (unpaired) electrons. The number of nitrogens with one attached hydrogen (secondary N) is 1. The summed E-state index contributed by atoms with van der Waals surface area (Å²) in [4.78, 5) is 13.1. The van der Waals surface area contributed by atoms with Gasteiger partial charge in [0.15, 0.2) is 0 Å². The maximum Gasteiger partial charge on any atom is 0.227 e. The molecule has 1 aliphatic heterocycles. The molecule has 0 saturated carbocycles. The Kier molecular flexibility index (Phi) is 5.52. The van der Waals surface area contributed by atoms with Crippen molar-refractivity contribution >= 4 is 11.6 Å². The average Bonchev–Trinajstić information content (AvgIpc) is 2.60. The zero-order chi connectivity index (χ0) is 15.9. The van der Waals surface area contributed by atoms with Gasteiger partial charge < -0.3 is 10.4 Å². The summed E-state index contributed by atoms with van der Waals surface area (Å²) >= 11 is 0. The second kappa shape index (κ2) is 8.01. The summed E-state index contributed by atoms with van der Waals surface area (Å²) < 4.78 is 0. The molecular formula is C17H23N5O. The highest BCUT2D eigenvalue weighted by Crippen LogP contribution is 2.15. The van der Waals surface area contributed by atoms with E-state index in [1.807, 2.05) is 0 Å². The lowest BCUT2D eigenvalue weighted by Crippen LogP contribution is -2.46. The topological polar surface area (TPSA) is 64.5 Å². The smallest absolute Gasteiger partial charge is 0.227 e. The largest absolute Gasteiger partial charge is 0.395 e. The molecule has 0 spiro atoms. The Morgan fingerprint density at radius 2 is 1.61 bits per heavy atom. The molecule has 2 aromatic rings. The highest BCUT2D eigenvalue weighted by atomic mass is 16.3. The van der Waals surface area contributed by atoms with Crippen molar-refractivity contribution in [1.82, 2.24) is 19.8 Å². The van der Waals surface area contributed by atoms with E-state index in [2.05, 4.69) is 49.4 Å². The molecular weight excluding hydrogens is 290 g/mol. The second-order valence-corrected chi connectivity index (χ2v) is 5.74. The van der Waals surface area contributed by atoms with E-state index in [1.54, 1.807) is 18.5 Å². The van der Waals surface area contributed by atoms with Crippen LogP contribution in [0.25, 0.3) is 0 Å². The van der Waals surface area contributed by atoms with Gasteiger partial charge in [-0.05, 0) is 23.8 Å². The van der Waals surface area contributed by atoms with E-state index in [0.717, 1.165) is 45.0 Å². The van der Waals surface area contributed by atoms with Crippen LogP contribution in [0, 0.1) is 0 Å². The van der Waals surface area contributed by atoms with E-state index >= 15 is 0 Å². The quantitative estimate of drug-likeness (QED) is 0.839. The van der Waals surface area contributed by atoms with Gasteiger partial charge in [-0.3, -0.25) is 9.80 Å². The van der Waals surface area contributed by atoms with E-state index in [9.17, 15) is 0 Å². The number of rotatable bonds is 6. The zero-order valence-corrected chi connectivity index (χ0v) is 13.2. The minimum Gasteiger partial charge on any atom is -0.395 e. The average molecular weight is 313 g/mol. The van der Waals surface area contributed by atoms with Gasteiger partial charge in [-0.2, -0.15) is 0 Å². The minimum atomic E-state index is 0.250. The van der Waals surface area contributed by atoms with Crippen LogP contribution in [-0.4, -0.2) is 64.2 Å². The van der Waals surface area contributed by atoms with E-state index in [1.165, 1.54) is 5.56 Å². The van der Waals surface area contributed by atoms with Crippen molar-refractivity contribution in [2.75, 3.05) is 44.6 Å². The van der Waals surface area contributed by atoms with Gasteiger partial charge in [0, 0.05) is 57.3 Å². The number of hydrogen-bond donors (Lipinski definition) is 2. The van der Waals surface area contributed by atoms with Crippen LogP contribution < -0.4 is 5.32 Å². The van der Waals surface area contributed by atoms with Gasteiger partial charge in [-0.1, -0.05) is 12.1 Å². The predicted molar refractivity (Wildman–Crippen MR) is 90.6 cm³/mol. The molecule has 0 bridgehead atoms. The molecule has 122 valence electrons. The number of aliphatic hydroxyl groups excluding tert-OH is 1. The number of anilines is 2. The van der Waals surface area contributed by atoms with Crippen LogP contribution in [-0.2, 0) is 6.54 Å². The number of hydrogen-bond acceptors (Lipinski definition) is 6. The molecule has 1 aliphatic rings. The third-order valence-electron chi connectivity index (χ3n) is 4.06. The van der Waals surface area contributed by atoms with E-state index in [0.29, 0.717) is 5.95 Å². The Labute approximate surface area is 136 Å². The van der Waals surface area contributed by atoms with Crippen molar-refractivity contribution in [2.24, 2.45) is 0 Å². The molecule has 6 heteroatoms. The maximum atomic E-state index is 8.98. The van der Waals surface area contributed by atoms with Gasteiger partial charge in [-0.15, -0.1) is 0 Å². The molecule has 3 rings (SSSR count). The molecule has 1 saturated heterocycles. The van der Waals surface area contributed by atoms with Crippen LogP contribution in [0.2, 0.25) is 0 Å². The van der Waals surface area contributed by atoms with Crippen LogP contribution in [0.3, 0.4) is 0 Å². The normalized spacial score (nSPS) is 16.4. The van der Waals surface area contributed by atoms with Crippen molar-refractivity contribution in [3.05, 3.63) is 48.3 Å². The van der Waals surface area contributed by atoms with Gasteiger partial charge in [0.05, 0.1) is 6.61 Å². The fourth-order valence-electron chi connectivity index (χ4n) is 2.76. The Morgan fingerprint density at radius 3 is 2.26 bits per heavy atom. The van der Waals surface area contributed by atoms with E-state index in [-0.39, 0.29) is 6.61 Å². The third kappa shape index (κ3) is 4.72. The maximum absolute atomic E-state index is 8.98. The number of aromatic nitrogens is 2. The summed E-state index contributed by atoms with van der Waals surface area (Å²) in [5.74, 6) is 0.611. The molecule has 1 fully saturated rings. The summed E-state index contributed by atoms with van der Waals surface area (Å²) in [6, 6.07) is 10.2. The standard InChI is InChI=1S/C17H23N5O/c23-13-12-21-8-10-22(11-9-21)14-15-2-4-16(5-3-15)20-17-18-6-1-7-19-17/h1-7,23H,8-14H2,(H,18,19,20). The first-order valence-corrected chi connectivity index (χ1v) is 8.02. The van der Waals surface area contributed by atoms with Crippen molar-refractivity contribution in [3.63, 3.8) is 0 Å². The minimum absolute atomic E-state index is 0.250. The fourth-order valence-corrected chi connectivity index (χ4v) is 2.76. The van der Waals surface area contributed by atoms with E-state index in [4.69, 9.17) is 5.11 Å². The number of β-amino-alcohol motifs (C(OH)–C–C–N with tert-alkyl or cyclic N) is 1. The lowest BCUT2D eigenvalue weighted by atomic mass is 10.2. The van der Waals surface area contributed by atoms with Crippen molar-refractivity contribution in [2.45, 2.75) is 6.54 Å². The van der Waals surface area contributed by atoms with Gasteiger partial charge in [0.1, 0.15) is 0 Å². The van der Waals surface area contributed by atoms with Gasteiger partial charge in [-0.25, -0.2) is 9.97 Å². The first-order valence-electron chi connectivity index (χ1n) is 8.02. The Balaban J connectivity index is 1.50. The van der Waals surface area contributed by atoms with Gasteiger partial charge in [0.2, 0.25) is 5.95 Å². The molecule has 6 nitrogen and oxygen atoms in total. The van der Waals surface area contributed by atoms with Crippen LogP contribution in [0.1, 0.15) is 5.56 Å². The molecule has 2 heterocycles. The van der Waals surface area contributed by atoms with Crippen molar-refractivity contribution < 1.29 is 5.11 Å². The third-order valence-corrected chi connectivity index (χ3v) is 4.06. The Hall–Kier alpha value is -2.02. The number of benzene rings is 1. The fraction of sp³-hybridized carbons (Fsp3) is 0.412. The van der Waals surface area contributed by atoms with Crippen LogP contribution >= 0.6 is 0 Å². The first kappa shape index (κ1) is 15.9. The SMILES string of the molecule is OCCN1CCN(Cc2ccc(Nc3ncccn3)cc2)CC1. The number of nitrogens with zero attached hydrogens (tertiary/aromatic N) is 4. The molecule has 0 aliphatic carbocycles. The van der Waals surface area contributed by atoms with Gasteiger partial charge >= 0.3 is 0 Å².